The van der Waals surface area contributed by atoms with Crippen molar-refractivity contribution in [3.05, 3.63) is 33.8 Å². The Balaban J connectivity index is 1.62. The van der Waals surface area contributed by atoms with E-state index >= 15 is 0 Å². The predicted octanol–water partition coefficient (Wildman–Crippen LogP) is 4.18. The first kappa shape index (κ1) is 18.4. The Bertz CT molecular complexity index is 552. The van der Waals surface area contributed by atoms with Crippen molar-refractivity contribution < 1.29 is 9.53 Å². The molecule has 6 heteroatoms. The van der Waals surface area contributed by atoms with E-state index < -0.39 is 5.60 Å². The number of nitrogens with one attached hydrogen (secondary N) is 2. The first-order valence-corrected chi connectivity index (χ1v) is 8.65. The third-order valence-electron chi connectivity index (χ3n) is 3.70. The zero-order chi connectivity index (χ0) is 17.0. The number of carbonyl (C=O) groups excluding carboxylic acids is 1. The number of hydrogen-bond donors (Lipinski definition) is 2. The Morgan fingerprint density at radius 1 is 1.26 bits per heavy atom. The largest absolute Gasteiger partial charge is 0.444 e. The molecule has 0 spiro atoms. The summed E-state index contributed by atoms with van der Waals surface area (Å²) < 4.78 is 5.25. The molecule has 23 heavy (non-hydrogen) atoms. The molecule has 1 saturated carbocycles. The molecule has 1 aliphatic carbocycles. The average Bonchev–Trinajstić information content (AvgIpc) is 2.35. The Labute approximate surface area is 147 Å². The van der Waals surface area contributed by atoms with Crippen molar-refractivity contribution in [3.63, 3.8) is 0 Å². The third kappa shape index (κ3) is 6.21. The molecule has 0 unspecified atom stereocenters. The number of ether oxygens (including phenoxy) is 1. The number of amides is 1. The highest BCUT2D eigenvalue weighted by Crippen LogP contribution is 2.23. The lowest BCUT2D eigenvalue weighted by molar-refractivity contribution is 0.0465. The van der Waals surface area contributed by atoms with E-state index in [4.69, 9.17) is 27.9 Å². The van der Waals surface area contributed by atoms with Gasteiger partial charge in [-0.3, -0.25) is 0 Å². The summed E-state index contributed by atoms with van der Waals surface area (Å²) in [5, 5.41) is 7.73. The molecule has 1 aliphatic rings. The second-order valence-electron chi connectivity index (χ2n) is 6.95. The smallest absolute Gasteiger partial charge is 0.407 e. The summed E-state index contributed by atoms with van der Waals surface area (Å²) in [6, 6.07) is 6.21. The van der Waals surface area contributed by atoms with Gasteiger partial charge in [0.25, 0.3) is 0 Å². The number of rotatable bonds is 5. The van der Waals surface area contributed by atoms with Crippen LogP contribution >= 0.6 is 23.2 Å². The van der Waals surface area contributed by atoms with Gasteiger partial charge in [0.05, 0.1) is 0 Å². The molecule has 1 fully saturated rings. The van der Waals surface area contributed by atoms with Gasteiger partial charge >= 0.3 is 6.09 Å². The van der Waals surface area contributed by atoms with Crippen LogP contribution in [0, 0.1) is 0 Å². The molecule has 0 atom stereocenters. The zero-order valence-corrected chi connectivity index (χ0v) is 15.3. The SMILES string of the molecule is CC(C)(C)OC(=O)NC1CC(NCCc2ccc(Cl)cc2Cl)C1. The Morgan fingerprint density at radius 2 is 1.96 bits per heavy atom. The van der Waals surface area contributed by atoms with Gasteiger partial charge in [0.1, 0.15) is 5.60 Å². The van der Waals surface area contributed by atoms with E-state index in [1.807, 2.05) is 32.9 Å². The van der Waals surface area contributed by atoms with Gasteiger partial charge in [0, 0.05) is 22.1 Å². The lowest BCUT2D eigenvalue weighted by Gasteiger charge is -2.36. The molecular formula is C17H24Cl2N2O2. The molecular weight excluding hydrogens is 335 g/mol. The number of hydrogen-bond acceptors (Lipinski definition) is 3. The number of benzene rings is 1. The molecule has 0 aromatic heterocycles. The summed E-state index contributed by atoms with van der Waals surface area (Å²) in [6.07, 6.45) is 2.37. The normalized spacial score (nSPS) is 20.7. The molecule has 1 aromatic rings. The Hall–Kier alpha value is -0.970. The summed E-state index contributed by atoms with van der Waals surface area (Å²) in [6.45, 7) is 6.43. The van der Waals surface area contributed by atoms with E-state index in [9.17, 15) is 4.79 Å². The topological polar surface area (TPSA) is 50.4 Å². The van der Waals surface area contributed by atoms with Gasteiger partial charge in [-0.05, 0) is 64.3 Å². The van der Waals surface area contributed by atoms with Gasteiger partial charge in [-0.1, -0.05) is 29.3 Å². The molecule has 0 radical (unpaired) electrons. The summed E-state index contributed by atoms with van der Waals surface area (Å²) in [7, 11) is 0. The van der Waals surface area contributed by atoms with Crippen LogP contribution < -0.4 is 10.6 Å². The summed E-state index contributed by atoms with van der Waals surface area (Å²) in [4.78, 5) is 11.7. The minimum atomic E-state index is -0.455. The zero-order valence-electron chi connectivity index (χ0n) is 13.8. The molecule has 1 aromatic carbocycles. The van der Waals surface area contributed by atoms with Crippen LogP contribution in [0.3, 0.4) is 0 Å². The molecule has 0 heterocycles. The average molecular weight is 359 g/mol. The van der Waals surface area contributed by atoms with E-state index in [-0.39, 0.29) is 12.1 Å². The third-order valence-corrected chi connectivity index (χ3v) is 4.29. The fourth-order valence-corrected chi connectivity index (χ4v) is 3.01. The lowest BCUT2D eigenvalue weighted by Crippen LogP contribution is -2.53. The van der Waals surface area contributed by atoms with Gasteiger partial charge in [-0.15, -0.1) is 0 Å². The van der Waals surface area contributed by atoms with E-state index in [0.29, 0.717) is 16.1 Å². The van der Waals surface area contributed by atoms with Crippen LogP contribution in [0.15, 0.2) is 18.2 Å². The van der Waals surface area contributed by atoms with Crippen LogP contribution in [-0.2, 0) is 11.2 Å². The molecule has 1 amide bonds. The fraction of sp³-hybridized carbons (Fsp3) is 0.588. The molecule has 2 N–H and O–H groups in total. The van der Waals surface area contributed by atoms with Gasteiger partial charge < -0.3 is 15.4 Å². The van der Waals surface area contributed by atoms with Crippen molar-refractivity contribution >= 4 is 29.3 Å². The van der Waals surface area contributed by atoms with Crippen molar-refractivity contribution in [1.82, 2.24) is 10.6 Å². The number of halogens is 2. The van der Waals surface area contributed by atoms with Crippen molar-refractivity contribution in [2.75, 3.05) is 6.54 Å². The van der Waals surface area contributed by atoms with Gasteiger partial charge in [0.2, 0.25) is 0 Å². The van der Waals surface area contributed by atoms with Gasteiger partial charge in [0.15, 0.2) is 0 Å². The van der Waals surface area contributed by atoms with Crippen LogP contribution in [-0.4, -0.2) is 30.3 Å². The van der Waals surface area contributed by atoms with Gasteiger partial charge in [-0.2, -0.15) is 0 Å². The highest BCUT2D eigenvalue weighted by molar-refractivity contribution is 6.35. The number of alkyl carbamates (subject to hydrolysis) is 1. The van der Waals surface area contributed by atoms with Crippen molar-refractivity contribution in [3.8, 4) is 0 Å². The van der Waals surface area contributed by atoms with Crippen molar-refractivity contribution in [2.24, 2.45) is 0 Å². The standard InChI is InChI=1S/C17H24Cl2N2O2/c1-17(2,3)23-16(22)21-14-9-13(10-14)20-7-6-11-4-5-12(18)8-15(11)19/h4-5,8,13-14,20H,6-7,9-10H2,1-3H3,(H,21,22). The highest BCUT2D eigenvalue weighted by atomic mass is 35.5. The maximum absolute atomic E-state index is 11.7. The lowest BCUT2D eigenvalue weighted by atomic mass is 9.87. The second kappa shape index (κ2) is 7.73. The van der Waals surface area contributed by atoms with Crippen LogP contribution in [0.25, 0.3) is 0 Å². The van der Waals surface area contributed by atoms with Crippen LogP contribution in [0.1, 0.15) is 39.2 Å². The maximum Gasteiger partial charge on any atom is 0.407 e. The summed E-state index contributed by atoms with van der Waals surface area (Å²) in [5.41, 5.74) is 0.634. The molecule has 0 bridgehead atoms. The second-order valence-corrected chi connectivity index (χ2v) is 7.79. The Kier molecular flexibility index (Phi) is 6.18. The monoisotopic (exact) mass is 358 g/mol. The minimum Gasteiger partial charge on any atom is -0.444 e. The molecule has 4 nitrogen and oxygen atoms in total. The van der Waals surface area contributed by atoms with Gasteiger partial charge in [-0.25, -0.2) is 4.79 Å². The first-order valence-electron chi connectivity index (χ1n) is 7.90. The van der Waals surface area contributed by atoms with E-state index in [1.165, 1.54) is 0 Å². The Morgan fingerprint density at radius 3 is 2.57 bits per heavy atom. The maximum atomic E-state index is 11.7. The minimum absolute atomic E-state index is 0.196. The van der Waals surface area contributed by atoms with E-state index in [0.717, 1.165) is 31.4 Å². The molecule has 128 valence electrons. The van der Waals surface area contributed by atoms with Crippen LogP contribution in [0.2, 0.25) is 10.0 Å². The number of carbonyl (C=O) groups is 1. The quantitative estimate of drug-likeness (QED) is 0.829. The highest BCUT2D eigenvalue weighted by Gasteiger charge is 2.31. The van der Waals surface area contributed by atoms with E-state index in [2.05, 4.69) is 10.6 Å². The molecule has 0 saturated heterocycles. The van der Waals surface area contributed by atoms with Crippen LogP contribution in [0.5, 0.6) is 0 Å². The van der Waals surface area contributed by atoms with Crippen LogP contribution in [0.4, 0.5) is 4.79 Å². The fourth-order valence-electron chi connectivity index (χ4n) is 2.51. The molecule has 2 rings (SSSR count). The summed E-state index contributed by atoms with van der Waals surface area (Å²) >= 11 is 12.0. The van der Waals surface area contributed by atoms with Crippen molar-refractivity contribution in [1.29, 1.82) is 0 Å². The van der Waals surface area contributed by atoms with Crippen molar-refractivity contribution in [2.45, 2.75) is 57.7 Å². The summed E-state index contributed by atoms with van der Waals surface area (Å²) in [5.74, 6) is 0. The molecule has 0 aliphatic heterocycles. The predicted molar refractivity (Wildman–Crippen MR) is 94.3 cm³/mol. The first-order chi connectivity index (χ1) is 10.7. The van der Waals surface area contributed by atoms with E-state index in [1.54, 1.807) is 6.07 Å².